The molecule has 1 atom stereocenters. The number of carboxylic acids is 1. The fourth-order valence-corrected chi connectivity index (χ4v) is 3.62. The van der Waals surface area contributed by atoms with E-state index in [1.54, 1.807) is 36.9 Å². The first-order chi connectivity index (χ1) is 21.0. The summed E-state index contributed by atoms with van der Waals surface area (Å²) in [6, 6.07) is 29.1. The van der Waals surface area contributed by atoms with Crippen molar-refractivity contribution in [3.63, 3.8) is 0 Å². The number of aliphatic carboxylic acids is 1. The largest absolute Gasteiger partial charge is 0.508 e. The van der Waals surface area contributed by atoms with Crippen LogP contribution in [0.25, 0.3) is 0 Å². The Hall–Kier alpha value is -5.03. The molecular weight excluding hydrogens is 542 g/mol. The van der Waals surface area contributed by atoms with E-state index < -0.39 is 12.0 Å². The number of hydrogen-bond acceptors (Lipinski definition) is 9. The van der Waals surface area contributed by atoms with Crippen molar-refractivity contribution in [3.05, 3.63) is 150 Å². The van der Waals surface area contributed by atoms with Crippen molar-refractivity contribution in [2.75, 3.05) is 0 Å². The van der Waals surface area contributed by atoms with Crippen LogP contribution in [-0.4, -0.2) is 42.2 Å². The van der Waals surface area contributed by atoms with E-state index in [9.17, 15) is 4.79 Å². The van der Waals surface area contributed by atoms with Gasteiger partial charge in [0, 0.05) is 51.0 Å². The highest BCUT2D eigenvalue weighted by molar-refractivity contribution is 5.73. The predicted molar refractivity (Wildman–Crippen MR) is 165 cm³/mol. The second-order valence-corrected chi connectivity index (χ2v) is 9.31. The van der Waals surface area contributed by atoms with Gasteiger partial charge in [-0.2, -0.15) is 0 Å². The molecule has 0 fully saturated rings. The molecule has 4 aromatic heterocycles. The quantitative estimate of drug-likeness (QED) is 0.155. The standard InChI is InChI=1S/2C12H13N3.C9H11NO3/c2*1-3-7-14-11(5-1)9-13-10-12-6-2-4-8-15-12;10-8(9(12)13)5-6-1-3-7(11)4-2-6/h2*1-8,13H,9-10H2;1-4,8,11H,5,10H2,(H,12,13). The summed E-state index contributed by atoms with van der Waals surface area (Å²) >= 11 is 0. The van der Waals surface area contributed by atoms with Gasteiger partial charge < -0.3 is 26.6 Å². The first-order valence-corrected chi connectivity index (χ1v) is 13.8. The monoisotopic (exact) mass is 579 g/mol. The van der Waals surface area contributed by atoms with Gasteiger partial charge in [-0.25, -0.2) is 0 Å². The molecule has 0 aliphatic carbocycles. The van der Waals surface area contributed by atoms with Crippen LogP contribution in [0.4, 0.5) is 0 Å². The molecule has 1 aromatic carbocycles. The third-order valence-electron chi connectivity index (χ3n) is 5.84. The number of carbonyl (C=O) groups is 1. The lowest BCUT2D eigenvalue weighted by Gasteiger charge is -2.05. The van der Waals surface area contributed by atoms with Crippen molar-refractivity contribution in [1.29, 1.82) is 0 Å². The second kappa shape index (κ2) is 19.2. The van der Waals surface area contributed by atoms with Crippen molar-refractivity contribution in [2.24, 2.45) is 5.73 Å². The number of benzene rings is 1. The summed E-state index contributed by atoms with van der Waals surface area (Å²) in [6.07, 6.45) is 7.49. The van der Waals surface area contributed by atoms with Gasteiger partial charge in [-0.3, -0.25) is 24.7 Å². The maximum absolute atomic E-state index is 10.4. The van der Waals surface area contributed by atoms with E-state index in [4.69, 9.17) is 15.9 Å². The van der Waals surface area contributed by atoms with Crippen molar-refractivity contribution >= 4 is 5.97 Å². The molecule has 0 saturated heterocycles. The number of carboxylic acid groups (broad SMARTS) is 1. The van der Waals surface area contributed by atoms with E-state index in [1.807, 2.05) is 72.8 Å². The smallest absolute Gasteiger partial charge is 0.320 e. The van der Waals surface area contributed by atoms with Gasteiger partial charge in [0.05, 0.1) is 22.8 Å². The second-order valence-electron chi connectivity index (χ2n) is 9.31. The molecule has 6 N–H and O–H groups in total. The van der Waals surface area contributed by atoms with Crippen LogP contribution >= 0.6 is 0 Å². The number of phenols is 1. The van der Waals surface area contributed by atoms with Crippen molar-refractivity contribution < 1.29 is 15.0 Å². The fraction of sp³-hybridized carbons (Fsp3) is 0.182. The van der Waals surface area contributed by atoms with Gasteiger partial charge in [-0.15, -0.1) is 0 Å². The zero-order valence-electron chi connectivity index (χ0n) is 23.8. The average molecular weight is 580 g/mol. The molecule has 4 heterocycles. The average Bonchev–Trinajstić information content (AvgIpc) is 3.05. The Labute approximate surface area is 251 Å². The highest BCUT2D eigenvalue weighted by Crippen LogP contribution is 2.10. The number of aromatic nitrogens is 4. The van der Waals surface area contributed by atoms with Crippen molar-refractivity contribution in [1.82, 2.24) is 30.6 Å². The lowest BCUT2D eigenvalue weighted by Crippen LogP contribution is -2.32. The highest BCUT2D eigenvalue weighted by Gasteiger charge is 2.11. The lowest BCUT2D eigenvalue weighted by atomic mass is 10.1. The zero-order chi connectivity index (χ0) is 30.5. The number of aromatic hydroxyl groups is 1. The van der Waals surface area contributed by atoms with Gasteiger partial charge in [-0.1, -0.05) is 36.4 Å². The minimum absolute atomic E-state index is 0.160. The van der Waals surface area contributed by atoms with Gasteiger partial charge in [0.25, 0.3) is 0 Å². The normalized spacial score (nSPS) is 10.8. The molecule has 5 aromatic rings. The number of rotatable bonds is 11. The molecule has 10 heteroatoms. The first kappa shape index (κ1) is 32.5. The van der Waals surface area contributed by atoms with Gasteiger partial charge in [0.15, 0.2) is 0 Å². The maximum atomic E-state index is 10.4. The van der Waals surface area contributed by atoms with E-state index in [0.717, 1.165) is 54.5 Å². The summed E-state index contributed by atoms with van der Waals surface area (Å²) in [7, 11) is 0. The number of pyridine rings is 4. The third kappa shape index (κ3) is 13.9. The minimum atomic E-state index is -1.02. The van der Waals surface area contributed by atoms with E-state index in [-0.39, 0.29) is 12.2 Å². The maximum Gasteiger partial charge on any atom is 0.320 e. The first-order valence-electron chi connectivity index (χ1n) is 13.8. The Bertz CT molecular complexity index is 1270. The summed E-state index contributed by atoms with van der Waals surface area (Å²) in [5.41, 5.74) is 10.3. The molecular formula is C33H37N7O3. The van der Waals surface area contributed by atoms with Crippen molar-refractivity contribution in [3.8, 4) is 5.75 Å². The number of nitrogens with zero attached hydrogens (tertiary/aromatic N) is 4. The molecule has 0 aliphatic heterocycles. The minimum Gasteiger partial charge on any atom is -0.508 e. The molecule has 222 valence electrons. The van der Waals surface area contributed by atoms with E-state index in [1.165, 1.54) is 12.1 Å². The molecule has 0 radical (unpaired) electrons. The SMILES string of the molecule is NC(Cc1ccc(O)cc1)C(=O)O.c1ccc(CNCc2ccccn2)nc1.c1ccc(CNCc2ccccn2)nc1. The number of nitrogens with one attached hydrogen (secondary N) is 2. The summed E-state index contributed by atoms with van der Waals surface area (Å²) in [5.74, 6) is -0.860. The van der Waals surface area contributed by atoms with Gasteiger partial charge in [0.2, 0.25) is 0 Å². The molecule has 0 bridgehead atoms. The van der Waals surface area contributed by atoms with E-state index >= 15 is 0 Å². The summed E-state index contributed by atoms with van der Waals surface area (Å²) in [5, 5.41) is 24.1. The van der Waals surface area contributed by atoms with Crippen molar-refractivity contribution in [2.45, 2.75) is 38.6 Å². The molecule has 43 heavy (non-hydrogen) atoms. The Balaban J connectivity index is 0.000000177. The topological polar surface area (TPSA) is 159 Å². The van der Waals surface area contributed by atoms with E-state index in [0.29, 0.717) is 0 Å². The Kier molecular flexibility index (Phi) is 14.5. The zero-order valence-corrected chi connectivity index (χ0v) is 23.8. The molecule has 5 rings (SSSR count). The summed E-state index contributed by atoms with van der Waals surface area (Å²) in [4.78, 5) is 27.3. The summed E-state index contributed by atoms with van der Waals surface area (Å²) in [6.45, 7) is 3.10. The molecule has 0 amide bonds. The Morgan fingerprint density at radius 1 is 0.605 bits per heavy atom. The number of phenolic OH excluding ortho intramolecular Hbond substituents is 1. The van der Waals surface area contributed by atoms with Crippen LogP contribution in [0, 0.1) is 0 Å². The Morgan fingerprint density at radius 2 is 0.953 bits per heavy atom. The number of hydrogen-bond donors (Lipinski definition) is 5. The molecule has 10 nitrogen and oxygen atoms in total. The third-order valence-corrected chi connectivity index (χ3v) is 5.84. The summed E-state index contributed by atoms with van der Waals surface area (Å²) < 4.78 is 0. The molecule has 0 spiro atoms. The molecule has 1 unspecified atom stereocenters. The molecule has 0 aliphatic rings. The highest BCUT2D eigenvalue weighted by atomic mass is 16.4. The number of nitrogens with two attached hydrogens (primary N) is 1. The fourth-order valence-electron chi connectivity index (χ4n) is 3.62. The molecule has 0 saturated carbocycles. The van der Waals surface area contributed by atoms with Gasteiger partial charge in [0.1, 0.15) is 11.8 Å². The van der Waals surface area contributed by atoms with Crippen LogP contribution in [0.3, 0.4) is 0 Å². The Morgan fingerprint density at radius 3 is 1.23 bits per heavy atom. The van der Waals surface area contributed by atoms with Gasteiger partial charge >= 0.3 is 5.97 Å². The lowest BCUT2D eigenvalue weighted by molar-refractivity contribution is -0.138. The van der Waals surface area contributed by atoms with Crippen LogP contribution in [0.2, 0.25) is 0 Å². The van der Waals surface area contributed by atoms with Gasteiger partial charge in [-0.05, 0) is 72.6 Å². The van der Waals surface area contributed by atoms with Crippen LogP contribution in [0.1, 0.15) is 28.3 Å². The van der Waals surface area contributed by atoms with Crippen LogP contribution in [0.15, 0.2) is 122 Å². The van der Waals surface area contributed by atoms with E-state index in [2.05, 4.69) is 30.6 Å². The predicted octanol–water partition coefficient (Wildman–Crippen LogP) is 3.88. The van der Waals surface area contributed by atoms with Crippen LogP contribution < -0.4 is 16.4 Å². The van der Waals surface area contributed by atoms with Crippen LogP contribution in [0.5, 0.6) is 5.75 Å². The van der Waals surface area contributed by atoms with Crippen LogP contribution in [-0.2, 0) is 37.4 Å².